The van der Waals surface area contributed by atoms with Gasteiger partial charge in [0.2, 0.25) is 0 Å². The van der Waals surface area contributed by atoms with E-state index in [9.17, 15) is 4.79 Å². The van der Waals surface area contributed by atoms with Crippen molar-refractivity contribution in [2.75, 3.05) is 11.4 Å². The highest BCUT2D eigenvalue weighted by atomic mass is 16.1. The van der Waals surface area contributed by atoms with Gasteiger partial charge < -0.3 is 4.90 Å². The van der Waals surface area contributed by atoms with Crippen molar-refractivity contribution in [1.82, 2.24) is 9.97 Å². The van der Waals surface area contributed by atoms with Crippen LogP contribution in [0.3, 0.4) is 0 Å². The molecule has 2 rings (SSSR count). The van der Waals surface area contributed by atoms with Crippen LogP contribution in [-0.2, 0) is 6.54 Å². The summed E-state index contributed by atoms with van der Waals surface area (Å²) >= 11 is 0. The van der Waals surface area contributed by atoms with E-state index in [-0.39, 0.29) is 5.78 Å². The molecule has 0 spiro atoms. The Morgan fingerprint density at radius 1 is 1.21 bits per heavy atom. The monoisotopic (exact) mass is 255 g/mol. The summed E-state index contributed by atoms with van der Waals surface area (Å²) in [5, 5.41) is 0. The van der Waals surface area contributed by atoms with Gasteiger partial charge in [-0.25, -0.2) is 0 Å². The predicted molar refractivity (Wildman–Crippen MR) is 75.2 cm³/mol. The minimum absolute atomic E-state index is 0.0104. The van der Waals surface area contributed by atoms with Crippen molar-refractivity contribution < 1.29 is 4.79 Å². The second kappa shape index (κ2) is 6.09. The first kappa shape index (κ1) is 13.2. The number of pyridine rings is 2. The zero-order valence-corrected chi connectivity index (χ0v) is 11.2. The average Bonchev–Trinajstić information content (AvgIpc) is 2.46. The van der Waals surface area contributed by atoms with Crippen molar-refractivity contribution >= 4 is 11.5 Å². The van der Waals surface area contributed by atoms with Crippen LogP contribution in [0.5, 0.6) is 0 Å². The standard InChI is InChI=1S/C15H17N3O/c1-3-18(11-13-6-8-16-9-7-13)14-4-5-15(12(2)19)17-10-14/h4-10H,3,11H2,1-2H3. The molecule has 0 amide bonds. The summed E-state index contributed by atoms with van der Waals surface area (Å²) in [4.78, 5) is 21.6. The topological polar surface area (TPSA) is 46.1 Å². The summed E-state index contributed by atoms with van der Waals surface area (Å²) < 4.78 is 0. The number of Topliss-reactive ketones (excluding diaryl/α,β-unsaturated/α-hetero) is 1. The summed E-state index contributed by atoms with van der Waals surface area (Å²) in [7, 11) is 0. The lowest BCUT2D eigenvalue weighted by Gasteiger charge is -2.22. The molecule has 0 bridgehead atoms. The fourth-order valence-corrected chi connectivity index (χ4v) is 1.88. The van der Waals surface area contributed by atoms with Crippen molar-refractivity contribution in [2.45, 2.75) is 20.4 Å². The third-order valence-corrected chi connectivity index (χ3v) is 2.98. The molecule has 0 atom stereocenters. The van der Waals surface area contributed by atoms with E-state index < -0.39 is 0 Å². The fourth-order valence-electron chi connectivity index (χ4n) is 1.88. The second-order valence-electron chi connectivity index (χ2n) is 4.33. The van der Waals surface area contributed by atoms with Crippen LogP contribution in [0.4, 0.5) is 5.69 Å². The van der Waals surface area contributed by atoms with Gasteiger partial charge in [-0.15, -0.1) is 0 Å². The summed E-state index contributed by atoms with van der Waals surface area (Å²) in [6.45, 7) is 5.31. The van der Waals surface area contributed by atoms with Gasteiger partial charge in [0.1, 0.15) is 5.69 Å². The van der Waals surface area contributed by atoms with Crippen LogP contribution in [0.1, 0.15) is 29.9 Å². The van der Waals surface area contributed by atoms with Crippen molar-refractivity contribution in [1.29, 1.82) is 0 Å². The van der Waals surface area contributed by atoms with Gasteiger partial charge in [-0.2, -0.15) is 0 Å². The predicted octanol–water partition coefficient (Wildman–Crippen LogP) is 2.71. The molecule has 0 fully saturated rings. The molecule has 0 aliphatic rings. The molecular weight excluding hydrogens is 238 g/mol. The van der Waals surface area contributed by atoms with Crippen LogP contribution >= 0.6 is 0 Å². The first-order valence-corrected chi connectivity index (χ1v) is 6.31. The minimum atomic E-state index is -0.0104. The zero-order valence-electron chi connectivity index (χ0n) is 11.2. The zero-order chi connectivity index (χ0) is 13.7. The molecule has 0 saturated carbocycles. The molecule has 2 aromatic rings. The molecule has 0 saturated heterocycles. The van der Waals surface area contributed by atoms with E-state index in [1.165, 1.54) is 12.5 Å². The lowest BCUT2D eigenvalue weighted by atomic mass is 10.2. The third kappa shape index (κ3) is 3.37. The Hall–Kier alpha value is -2.23. The van der Waals surface area contributed by atoms with Crippen molar-refractivity contribution in [3.05, 3.63) is 54.1 Å². The largest absolute Gasteiger partial charge is 0.366 e. The number of rotatable bonds is 5. The van der Waals surface area contributed by atoms with Crippen molar-refractivity contribution in [3.8, 4) is 0 Å². The summed E-state index contributed by atoms with van der Waals surface area (Å²) in [5.41, 5.74) is 2.72. The number of anilines is 1. The molecule has 0 aliphatic carbocycles. The highest BCUT2D eigenvalue weighted by Crippen LogP contribution is 2.16. The van der Waals surface area contributed by atoms with Gasteiger partial charge in [0.25, 0.3) is 0 Å². The van der Waals surface area contributed by atoms with E-state index in [2.05, 4.69) is 21.8 Å². The van der Waals surface area contributed by atoms with Crippen molar-refractivity contribution in [2.24, 2.45) is 0 Å². The van der Waals surface area contributed by atoms with Crippen LogP contribution in [-0.4, -0.2) is 22.3 Å². The normalized spacial score (nSPS) is 10.2. The van der Waals surface area contributed by atoms with E-state index in [1.54, 1.807) is 24.7 Å². The van der Waals surface area contributed by atoms with Gasteiger partial charge in [0.05, 0.1) is 11.9 Å². The maximum absolute atomic E-state index is 11.2. The lowest BCUT2D eigenvalue weighted by molar-refractivity contribution is 0.101. The number of aromatic nitrogens is 2. The fraction of sp³-hybridized carbons (Fsp3) is 0.267. The number of ketones is 1. The van der Waals surface area contributed by atoms with Crippen LogP contribution in [0, 0.1) is 0 Å². The summed E-state index contributed by atoms with van der Waals surface area (Å²) in [6, 6.07) is 7.71. The molecular formula is C15H17N3O. The molecule has 0 radical (unpaired) electrons. The molecule has 0 aromatic carbocycles. The van der Waals surface area contributed by atoms with E-state index >= 15 is 0 Å². The second-order valence-corrected chi connectivity index (χ2v) is 4.33. The van der Waals surface area contributed by atoms with Gasteiger partial charge >= 0.3 is 0 Å². The first-order chi connectivity index (χ1) is 9.20. The number of nitrogens with zero attached hydrogens (tertiary/aromatic N) is 3. The SMILES string of the molecule is CCN(Cc1ccncc1)c1ccc(C(C)=O)nc1. The van der Waals surface area contributed by atoms with E-state index in [0.29, 0.717) is 5.69 Å². The van der Waals surface area contributed by atoms with Gasteiger partial charge in [-0.3, -0.25) is 14.8 Å². The molecule has 98 valence electrons. The quantitative estimate of drug-likeness (QED) is 0.771. The number of hydrogen-bond acceptors (Lipinski definition) is 4. The Bertz CT molecular complexity index is 537. The molecule has 0 N–H and O–H groups in total. The van der Waals surface area contributed by atoms with E-state index in [1.807, 2.05) is 18.2 Å². The third-order valence-electron chi connectivity index (χ3n) is 2.98. The maximum Gasteiger partial charge on any atom is 0.178 e. The summed E-state index contributed by atoms with van der Waals surface area (Å²) in [5.74, 6) is -0.0104. The van der Waals surface area contributed by atoms with Gasteiger partial charge in [-0.1, -0.05) is 0 Å². The van der Waals surface area contributed by atoms with Crippen molar-refractivity contribution in [3.63, 3.8) is 0 Å². The van der Waals surface area contributed by atoms with Crippen LogP contribution in [0.25, 0.3) is 0 Å². The number of hydrogen-bond donors (Lipinski definition) is 0. The first-order valence-electron chi connectivity index (χ1n) is 6.31. The van der Waals surface area contributed by atoms with Gasteiger partial charge in [-0.05, 0) is 36.8 Å². The lowest BCUT2D eigenvalue weighted by Crippen LogP contribution is -2.22. The Labute approximate surface area is 113 Å². The Balaban J connectivity index is 2.15. The molecule has 4 nitrogen and oxygen atoms in total. The summed E-state index contributed by atoms with van der Waals surface area (Å²) in [6.07, 6.45) is 5.34. The van der Waals surface area contributed by atoms with E-state index in [0.717, 1.165) is 18.8 Å². The molecule has 2 heterocycles. The molecule has 19 heavy (non-hydrogen) atoms. The van der Waals surface area contributed by atoms with Crippen LogP contribution in [0.15, 0.2) is 42.9 Å². The maximum atomic E-state index is 11.2. The average molecular weight is 255 g/mol. The minimum Gasteiger partial charge on any atom is -0.366 e. The Morgan fingerprint density at radius 2 is 1.95 bits per heavy atom. The molecule has 0 unspecified atom stereocenters. The number of carbonyl (C=O) groups excluding carboxylic acids is 1. The van der Waals surface area contributed by atoms with Crippen LogP contribution in [0.2, 0.25) is 0 Å². The van der Waals surface area contributed by atoms with E-state index in [4.69, 9.17) is 0 Å². The molecule has 2 aromatic heterocycles. The van der Waals surface area contributed by atoms with Gasteiger partial charge in [0, 0.05) is 32.4 Å². The molecule has 0 aliphatic heterocycles. The highest BCUT2D eigenvalue weighted by molar-refractivity contribution is 5.92. The smallest absolute Gasteiger partial charge is 0.178 e. The van der Waals surface area contributed by atoms with Gasteiger partial charge in [0.15, 0.2) is 5.78 Å². The highest BCUT2D eigenvalue weighted by Gasteiger charge is 2.07. The Kier molecular flexibility index (Phi) is 4.23. The Morgan fingerprint density at radius 3 is 2.47 bits per heavy atom. The van der Waals surface area contributed by atoms with Crippen LogP contribution < -0.4 is 4.90 Å². The number of carbonyl (C=O) groups is 1. The molecule has 4 heteroatoms.